The molecule has 0 heterocycles. The Morgan fingerprint density at radius 2 is 2.12 bits per heavy atom. The number of anilines is 1. The number of nitriles is 1. The molecule has 4 nitrogen and oxygen atoms in total. The third kappa shape index (κ3) is 2.82. The van der Waals surface area contributed by atoms with Crippen LogP contribution < -0.4 is 10.6 Å². The first-order chi connectivity index (χ1) is 12.1. The number of guanidine groups is 1. The number of nitrogens with one attached hydrogen (secondary N) is 2. The van der Waals surface area contributed by atoms with Gasteiger partial charge in [0, 0.05) is 12.2 Å². The predicted molar refractivity (Wildman–Crippen MR) is 102 cm³/mol. The van der Waals surface area contributed by atoms with Crippen LogP contribution in [0.3, 0.4) is 0 Å². The summed E-state index contributed by atoms with van der Waals surface area (Å²) in [5, 5.41) is 15.9. The van der Waals surface area contributed by atoms with Crippen molar-refractivity contribution in [2.24, 2.45) is 28.2 Å². The van der Waals surface area contributed by atoms with E-state index in [0.717, 1.165) is 41.1 Å². The fourth-order valence-electron chi connectivity index (χ4n) is 5.81. The first-order valence-electron chi connectivity index (χ1n) is 9.33. The Morgan fingerprint density at radius 3 is 2.80 bits per heavy atom. The predicted octanol–water partition coefficient (Wildman–Crippen LogP) is 4.30. The van der Waals surface area contributed by atoms with Gasteiger partial charge in [-0.1, -0.05) is 24.8 Å². The highest BCUT2D eigenvalue weighted by Gasteiger charge is 2.57. The number of aliphatic imine (C=N–C) groups is 1. The van der Waals surface area contributed by atoms with Crippen molar-refractivity contribution in [1.29, 1.82) is 5.26 Å². The summed E-state index contributed by atoms with van der Waals surface area (Å²) in [6.07, 6.45) is 10.8. The van der Waals surface area contributed by atoms with Gasteiger partial charge in [0.25, 0.3) is 0 Å². The third-order valence-corrected chi connectivity index (χ3v) is 6.78. The lowest BCUT2D eigenvalue weighted by atomic mass is 9.75. The second-order valence-corrected chi connectivity index (χ2v) is 8.17. The van der Waals surface area contributed by atoms with E-state index in [0.29, 0.717) is 11.4 Å². The van der Waals surface area contributed by atoms with Crippen molar-refractivity contribution < 1.29 is 0 Å². The van der Waals surface area contributed by atoms with Crippen LogP contribution in [0.15, 0.2) is 29.8 Å². The van der Waals surface area contributed by atoms with E-state index in [4.69, 9.17) is 5.26 Å². The van der Waals surface area contributed by atoms with E-state index in [1.807, 2.05) is 30.5 Å². The average molecular weight is 334 g/mol. The maximum Gasteiger partial charge on any atom is 0.211 e. The molecule has 0 aromatic heterocycles. The van der Waals surface area contributed by atoms with Crippen molar-refractivity contribution in [2.75, 3.05) is 11.9 Å². The van der Waals surface area contributed by atoms with E-state index in [1.54, 1.807) is 0 Å². The Kier molecular flexibility index (Phi) is 4.03. The van der Waals surface area contributed by atoms with Crippen LogP contribution in [0.2, 0.25) is 0 Å². The molecule has 2 N–H and O–H groups in total. The van der Waals surface area contributed by atoms with Gasteiger partial charge in [0.05, 0.1) is 0 Å². The van der Waals surface area contributed by atoms with Gasteiger partial charge in [-0.2, -0.15) is 5.26 Å². The highest BCUT2D eigenvalue weighted by Crippen LogP contribution is 2.65. The van der Waals surface area contributed by atoms with Gasteiger partial charge < -0.3 is 10.6 Å². The largest absolute Gasteiger partial charge is 0.355 e. The van der Waals surface area contributed by atoms with E-state index < -0.39 is 0 Å². The van der Waals surface area contributed by atoms with Crippen LogP contribution in [-0.4, -0.2) is 12.5 Å². The van der Waals surface area contributed by atoms with Crippen molar-refractivity contribution in [3.63, 3.8) is 0 Å². The van der Waals surface area contributed by atoms with Gasteiger partial charge in [0.15, 0.2) is 0 Å². The Bertz CT molecular complexity index is 744. The third-order valence-electron chi connectivity index (χ3n) is 6.78. The molecule has 2 unspecified atom stereocenters. The van der Waals surface area contributed by atoms with Gasteiger partial charge in [-0.3, -0.25) is 0 Å². The molecule has 4 bridgehead atoms. The van der Waals surface area contributed by atoms with Crippen LogP contribution in [0.1, 0.15) is 43.2 Å². The fourth-order valence-corrected chi connectivity index (χ4v) is 5.81. The van der Waals surface area contributed by atoms with Crippen molar-refractivity contribution in [3.05, 3.63) is 35.9 Å². The summed E-state index contributed by atoms with van der Waals surface area (Å²) in [5.74, 6) is 3.32. The minimum absolute atomic E-state index is 0.434. The molecule has 25 heavy (non-hydrogen) atoms. The zero-order valence-corrected chi connectivity index (χ0v) is 14.9. The van der Waals surface area contributed by atoms with Gasteiger partial charge >= 0.3 is 0 Å². The molecule has 1 aromatic carbocycles. The monoisotopic (exact) mass is 334 g/mol. The van der Waals surface area contributed by atoms with Gasteiger partial charge in [-0.05, 0) is 79.4 Å². The van der Waals surface area contributed by atoms with Crippen molar-refractivity contribution >= 4 is 17.7 Å². The summed E-state index contributed by atoms with van der Waals surface area (Å²) in [7, 11) is 0. The van der Waals surface area contributed by atoms with Crippen molar-refractivity contribution in [3.8, 4) is 6.19 Å². The van der Waals surface area contributed by atoms with Gasteiger partial charge in [0.1, 0.15) is 0 Å². The average Bonchev–Trinajstić information content (AvgIpc) is 2.99. The van der Waals surface area contributed by atoms with E-state index in [2.05, 4.69) is 29.1 Å². The van der Waals surface area contributed by atoms with Crippen LogP contribution in [0, 0.1) is 41.5 Å². The lowest BCUT2D eigenvalue weighted by Gasteiger charge is -2.33. The zero-order valence-electron chi connectivity index (χ0n) is 14.9. The van der Waals surface area contributed by atoms with E-state index >= 15 is 0 Å². The Balaban J connectivity index is 1.47. The quantitative estimate of drug-likeness (QED) is 0.490. The van der Waals surface area contributed by atoms with Crippen LogP contribution in [-0.2, 0) is 0 Å². The molecular weight excluding hydrogens is 308 g/mol. The summed E-state index contributed by atoms with van der Waals surface area (Å²) < 4.78 is 0. The van der Waals surface area contributed by atoms with Crippen molar-refractivity contribution in [1.82, 2.24) is 5.32 Å². The molecule has 1 aromatic rings. The molecule has 2 atom stereocenters. The van der Waals surface area contributed by atoms with Gasteiger partial charge in [-0.15, -0.1) is 4.99 Å². The van der Waals surface area contributed by atoms with Crippen LogP contribution >= 0.6 is 0 Å². The molecule has 0 spiro atoms. The summed E-state index contributed by atoms with van der Waals surface area (Å²) in [4.78, 5) is 3.99. The minimum atomic E-state index is 0.434. The Morgan fingerprint density at radius 1 is 1.36 bits per heavy atom. The number of rotatable bonds is 4. The van der Waals surface area contributed by atoms with E-state index in [9.17, 15) is 0 Å². The highest BCUT2D eigenvalue weighted by atomic mass is 15.2. The normalized spacial score (nSPS) is 32.5. The lowest BCUT2D eigenvalue weighted by Crippen LogP contribution is -2.41. The molecule has 4 heteroatoms. The standard InChI is InChI=1S/C21H26N4/c1-3-17-5-4-6-19(14(17)2)25-20(24-13-22)23-12-21-10-15-7-16(11-21)9-18(21)8-15/h3-6,15-16,18H,1,7-12H2,2H3,(H2,23,24,25). The molecule has 130 valence electrons. The van der Waals surface area contributed by atoms with Gasteiger partial charge in [0.2, 0.25) is 12.2 Å². The second kappa shape index (κ2) is 6.22. The number of benzene rings is 1. The smallest absolute Gasteiger partial charge is 0.211 e. The maximum atomic E-state index is 9.08. The Hall–Kier alpha value is -2.28. The van der Waals surface area contributed by atoms with Gasteiger partial charge in [-0.25, -0.2) is 0 Å². The molecule has 0 aliphatic heterocycles. The number of hydrogen-bond acceptors (Lipinski definition) is 2. The van der Waals surface area contributed by atoms with Crippen LogP contribution in [0.25, 0.3) is 6.08 Å². The number of hydrogen-bond donors (Lipinski definition) is 2. The summed E-state index contributed by atoms with van der Waals surface area (Å²) in [6, 6.07) is 6.04. The molecule has 0 radical (unpaired) electrons. The molecule has 4 aliphatic carbocycles. The first-order valence-corrected chi connectivity index (χ1v) is 9.33. The zero-order chi connectivity index (χ0) is 17.4. The lowest BCUT2D eigenvalue weighted by molar-refractivity contribution is 0.202. The summed E-state index contributed by atoms with van der Waals surface area (Å²) >= 11 is 0. The molecule has 4 saturated carbocycles. The number of nitrogens with zero attached hydrogens (tertiary/aromatic N) is 2. The maximum absolute atomic E-state index is 9.08. The summed E-state index contributed by atoms with van der Waals surface area (Å²) in [5.41, 5.74) is 3.60. The fraction of sp³-hybridized carbons (Fsp3) is 0.524. The summed E-state index contributed by atoms with van der Waals surface area (Å²) in [6.45, 7) is 6.84. The van der Waals surface area contributed by atoms with Crippen LogP contribution in [0.4, 0.5) is 5.69 Å². The van der Waals surface area contributed by atoms with E-state index in [1.165, 1.54) is 32.1 Å². The molecular formula is C21H26N4. The van der Waals surface area contributed by atoms with Crippen molar-refractivity contribution in [2.45, 2.75) is 39.0 Å². The first kappa shape index (κ1) is 16.2. The molecule has 4 fully saturated rings. The molecule has 0 amide bonds. The second-order valence-electron chi connectivity index (χ2n) is 8.17. The van der Waals surface area contributed by atoms with E-state index in [-0.39, 0.29) is 0 Å². The Labute approximate surface area is 150 Å². The molecule has 0 saturated heterocycles. The highest BCUT2D eigenvalue weighted by molar-refractivity contribution is 5.95. The van der Waals surface area contributed by atoms with Crippen LogP contribution in [0.5, 0.6) is 0 Å². The minimum Gasteiger partial charge on any atom is -0.355 e. The SMILES string of the molecule is C=Cc1cccc(N/C(=N/C#N)NCC23CC4CC(CC2C4)C3)c1C. The topological polar surface area (TPSA) is 60.2 Å². The molecule has 5 rings (SSSR count). The molecule has 4 aliphatic rings.